The molecule has 0 spiro atoms. The van der Waals surface area contributed by atoms with Crippen molar-refractivity contribution in [1.82, 2.24) is 0 Å². The van der Waals surface area contributed by atoms with Crippen molar-refractivity contribution >= 4 is 0 Å². The van der Waals surface area contributed by atoms with Gasteiger partial charge in [-0.05, 0) is 52.0 Å². The molecule has 1 nitrogen and oxygen atoms in total. The summed E-state index contributed by atoms with van der Waals surface area (Å²) in [5.74, 6) is 0.377. The first-order valence-corrected chi connectivity index (χ1v) is 4.98. The van der Waals surface area contributed by atoms with Crippen molar-refractivity contribution in [3.05, 3.63) is 23.3 Å². The Balaban J connectivity index is 2.81. The van der Waals surface area contributed by atoms with Crippen molar-refractivity contribution in [3.63, 3.8) is 0 Å². The van der Waals surface area contributed by atoms with Gasteiger partial charge in [0.2, 0.25) is 0 Å². The lowest BCUT2D eigenvalue weighted by atomic mass is 9.80. The van der Waals surface area contributed by atoms with Crippen LogP contribution in [0.3, 0.4) is 0 Å². The molecule has 0 saturated carbocycles. The Hall–Kier alpha value is -0.560. The SMILES string of the molecule is CC(C)=C(C)C(C)(O)C1CC=CC1. The second-order valence-electron chi connectivity index (χ2n) is 4.41. The fourth-order valence-corrected chi connectivity index (χ4v) is 1.89. The second-order valence-corrected chi connectivity index (χ2v) is 4.41. The highest BCUT2D eigenvalue weighted by molar-refractivity contribution is 5.21. The van der Waals surface area contributed by atoms with Crippen LogP contribution in [0.4, 0.5) is 0 Å². The molecule has 13 heavy (non-hydrogen) atoms. The molecule has 1 heteroatoms. The van der Waals surface area contributed by atoms with Crippen LogP contribution < -0.4 is 0 Å². The van der Waals surface area contributed by atoms with Crippen molar-refractivity contribution in [2.45, 2.75) is 46.1 Å². The van der Waals surface area contributed by atoms with E-state index in [4.69, 9.17) is 0 Å². The molecular formula is C12H20O. The van der Waals surface area contributed by atoms with Gasteiger partial charge >= 0.3 is 0 Å². The predicted octanol–water partition coefficient (Wildman–Crippen LogP) is 3.06. The summed E-state index contributed by atoms with van der Waals surface area (Å²) in [6, 6.07) is 0. The maximum absolute atomic E-state index is 10.4. The third kappa shape index (κ3) is 2.02. The highest BCUT2D eigenvalue weighted by atomic mass is 16.3. The van der Waals surface area contributed by atoms with E-state index in [1.54, 1.807) is 0 Å². The molecule has 0 aromatic heterocycles. The minimum absolute atomic E-state index is 0.377. The zero-order chi connectivity index (χ0) is 10.1. The largest absolute Gasteiger partial charge is 0.385 e. The number of rotatable bonds is 2. The van der Waals surface area contributed by atoms with E-state index in [2.05, 4.69) is 26.0 Å². The number of aliphatic hydroxyl groups is 1. The maximum atomic E-state index is 10.4. The lowest BCUT2D eigenvalue weighted by Crippen LogP contribution is -2.35. The van der Waals surface area contributed by atoms with Gasteiger partial charge in [-0.1, -0.05) is 17.7 Å². The predicted molar refractivity (Wildman–Crippen MR) is 56.5 cm³/mol. The lowest BCUT2D eigenvalue weighted by Gasteiger charge is -2.32. The standard InChI is InChI=1S/C12H20O/c1-9(2)10(3)12(4,13)11-7-5-6-8-11/h5-6,11,13H,7-8H2,1-4H3. The second kappa shape index (κ2) is 3.67. The first-order chi connectivity index (χ1) is 5.96. The monoisotopic (exact) mass is 180 g/mol. The molecule has 0 saturated heterocycles. The van der Waals surface area contributed by atoms with Crippen LogP contribution in [0, 0.1) is 5.92 Å². The van der Waals surface area contributed by atoms with Crippen LogP contribution in [0.1, 0.15) is 40.5 Å². The fourth-order valence-electron chi connectivity index (χ4n) is 1.89. The Morgan fingerprint density at radius 2 is 1.69 bits per heavy atom. The molecule has 0 aromatic rings. The van der Waals surface area contributed by atoms with E-state index in [-0.39, 0.29) is 0 Å². The zero-order valence-corrected chi connectivity index (χ0v) is 9.09. The highest BCUT2D eigenvalue weighted by Gasteiger charge is 2.33. The minimum Gasteiger partial charge on any atom is -0.385 e. The van der Waals surface area contributed by atoms with E-state index >= 15 is 0 Å². The molecule has 1 atom stereocenters. The molecule has 0 fully saturated rings. The first-order valence-electron chi connectivity index (χ1n) is 4.98. The molecule has 0 aromatic carbocycles. The van der Waals surface area contributed by atoms with Crippen LogP contribution in [-0.2, 0) is 0 Å². The van der Waals surface area contributed by atoms with E-state index in [1.165, 1.54) is 5.57 Å². The van der Waals surface area contributed by atoms with Crippen LogP contribution in [0.25, 0.3) is 0 Å². The molecule has 1 N–H and O–H groups in total. The average Bonchev–Trinajstić information content (AvgIpc) is 2.54. The van der Waals surface area contributed by atoms with Gasteiger partial charge in [-0.25, -0.2) is 0 Å². The molecular weight excluding hydrogens is 160 g/mol. The summed E-state index contributed by atoms with van der Waals surface area (Å²) < 4.78 is 0. The van der Waals surface area contributed by atoms with E-state index in [9.17, 15) is 5.11 Å². The van der Waals surface area contributed by atoms with Gasteiger partial charge in [-0.2, -0.15) is 0 Å². The molecule has 1 aliphatic rings. The summed E-state index contributed by atoms with van der Waals surface area (Å²) in [4.78, 5) is 0. The van der Waals surface area contributed by atoms with Gasteiger partial charge < -0.3 is 5.11 Å². The molecule has 0 bridgehead atoms. The molecule has 0 aliphatic heterocycles. The van der Waals surface area contributed by atoms with E-state index in [0.717, 1.165) is 18.4 Å². The summed E-state index contributed by atoms with van der Waals surface area (Å²) in [7, 11) is 0. The van der Waals surface area contributed by atoms with E-state index in [0.29, 0.717) is 5.92 Å². The summed E-state index contributed by atoms with van der Waals surface area (Å²) in [5, 5.41) is 10.4. The van der Waals surface area contributed by atoms with Gasteiger partial charge in [0.1, 0.15) is 0 Å². The summed E-state index contributed by atoms with van der Waals surface area (Å²) in [5.41, 5.74) is 1.74. The first kappa shape index (κ1) is 10.5. The molecule has 1 unspecified atom stereocenters. The van der Waals surface area contributed by atoms with Crippen LogP contribution in [-0.4, -0.2) is 10.7 Å². The quantitative estimate of drug-likeness (QED) is 0.647. The Bertz CT molecular complexity index is 234. The average molecular weight is 180 g/mol. The molecule has 0 heterocycles. The van der Waals surface area contributed by atoms with E-state index < -0.39 is 5.60 Å². The Labute approximate surface area is 81.2 Å². The molecule has 1 rings (SSSR count). The van der Waals surface area contributed by atoms with Gasteiger partial charge in [0, 0.05) is 0 Å². The summed E-state index contributed by atoms with van der Waals surface area (Å²) >= 11 is 0. The van der Waals surface area contributed by atoms with Gasteiger partial charge in [0.05, 0.1) is 5.60 Å². The lowest BCUT2D eigenvalue weighted by molar-refractivity contribution is 0.0390. The van der Waals surface area contributed by atoms with Gasteiger partial charge in [-0.3, -0.25) is 0 Å². The topological polar surface area (TPSA) is 20.2 Å². The number of hydrogen-bond donors (Lipinski definition) is 1. The Morgan fingerprint density at radius 3 is 2.08 bits per heavy atom. The van der Waals surface area contributed by atoms with Crippen molar-refractivity contribution < 1.29 is 5.11 Å². The summed E-state index contributed by atoms with van der Waals surface area (Å²) in [6.45, 7) is 8.10. The van der Waals surface area contributed by atoms with Gasteiger partial charge in [0.15, 0.2) is 0 Å². The van der Waals surface area contributed by atoms with Crippen LogP contribution >= 0.6 is 0 Å². The normalized spacial score (nSPS) is 21.6. The van der Waals surface area contributed by atoms with Gasteiger partial charge in [0.25, 0.3) is 0 Å². The smallest absolute Gasteiger partial charge is 0.0862 e. The third-order valence-electron chi connectivity index (χ3n) is 3.31. The Morgan fingerprint density at radius 1 is 1.23 bits per heavy atom. The maximum Gasteiger partial charge on any atom is 0.0862 e. The van der Waals surface area contributed by atoms with Gasteiger partial charge in [-0.15, -0.1) is 0 Å². The number of allylic oxidation sites excluding steroid dienone is 3. The third-order valence-corrected chi connectivity index (χ3v) is 3.31. The molecule has 74 valence electrons. The van der Waals surface area contributed by atoms with Crippen molar-refractivity contribution in [2.75, 3.05) is 0 Å². The Kier molecular flexibility index (Phi) is 2.97. The van der Waals surface area contributed by atoms with Crippen LogP contribution in [0.5, 0.6) is 0 Å². The zero-order valence-electron chi connectivity index (χ0n) is 9.09. The number of hydrogen-bond acceptors (Lipinski definition) is 1. The fraction of sp³-hybridized carbons (Fsp3) is 0.667. The van der Waals surface area contributed by atoms with E-state index in [1.807, 2.05) is 13.8 Å². The van der Waals surface area contributed by atoms with Crippen LogP contribution in [0.2, 0.25) is 0 Å². The molecule has 1 aliphatic carbocycles. The van der Waals surface area contributed by atoms with Crippen LogP contribution in [0.15, 0.2) is 23.3 Å². The van der Waals surface area contributed by atoms with Crippen molar-refractivity contribution in [3.8, 4) is 0 Å². The van der Waals surface area contributed by atoms with Crippen molar-refractivity contribution in [1.29, 1.82) is 0 Å². The summed E-state index contributed by atoms with van der Waals surface area (Å²) in [6.07, 6.45) is 6.35. The van der Waals surface area contributed by atoms with Crippen molar-refractivity contribution in [2.24, 2.45) is 5.92 Å². The molecule has 0 radical (unpaired) electrons. The minimum atomic E-state index is -0.623. The molecule has 0 amide bonds. The highest BCUT2D eigenvalue weighted by Crippen LogP contribution is 2.35.